The number of aromatic hydroxyl groups is 1. The summed E-state index contributed by atoms with van der Waals surface area (Å²) in [5.74, 6) is 1.06. The molecule has 0 saturated heterocycles. The first-order chi connectivity index (χ1) is 14.2. The van der Waals surface area contributed by atoms with Crippen molar-refractivity contribution in [3.05, 3.63) is 119 Å². The normalized spacial score (nSPS) is 13.0. The van der Waals surface area contributed by atoms with Crippen molar-refractivity contribution >= 4 is 0 Å². The lowest BCUT2D eigenvalue weighted by molar-refractivity contribution is 0.404. The van der Waals surface area contributed by atoms with E-state index in [1.165, 1.54) is 5.69 Å². The fraction of sp³-hybridized carbons (Fsp3) is 0.154. The third-order valence-electron chi connectivity index (χ3n) is 5.55. The number of aromatic amines is 1. The number of para-hydroxylation sites is 1. The molecule has 4 rings (SSSR count). The fourth-order valence-corrected chi connectivity index (χ4v) is 4.15. The Balaban J connectivity index is 2.14. The van der Waals surface area contributed by atoms with E-state index in [2.05, 4.69) is 54.4 Å². The van der Waals surface area contributed by atoms with Gasteiger partial charge in [0.2, 0.25) is 0 Å². The van der Waals surface area contributed by atoms with Gasteiger partial charge in [-0.25, -0.2) is 0 Å². The lowest BCUT2D eigenvalue weighted by Crippen LogP contribution is -2.32. The Kier molecular flexibility index (Phi) is 5.13. The van der Waals surface area contributed by atoms with Crippen LogP contribution in [0.3, 0.4) is 0 Å². The van der Waals surface area contributed by atoms with Gasteiger partial charge in [0.05, 0.1) is 12.5 Å². The molecule has 1 heterocycles. The second kappa shape index (κ2) is 7.88. The minimum atomic E-state index is -0.616. The Morgan fingerprint density at radius 3 is 2.10 bits per heavy atom. The molecule has 1 atom stereocenters. The number of benzene rings is 3. The van der Waals surface area contributed by atoms with Crippen molar-refractivity contribution in [2.75, 3.05) is 7.11 Å². The van der Waals surface area contributed by atoms with E-state index >= 15 is 0 Å². The second-order valence-electron chi connectivity index (χ2n) is 7.11. The molecular weight excluding hydrogens is 358 g/mol. The Morgan fingerprint density at radius 2 is 1.45 bits per heavy atom. The molecule has 2 N–H and O–H groups in total. The van der Waals surface area contributed by atoms with Gasteiger partial charge in [-0.3, -0.25) is 0 Å². The Hall–Kier alpha value is -3.46. The van der Waals surface area contributed by atoms with Gasteiger partial charge in [0.15, 0.2) is 0 Å². The van der Waals surface area contributed by atoms with Gasteiger partial charge in [0.25, 0.3) is 0 Å². The molecular formula is C26H25NO2. The van der Waals surface area contributed by atoms with Crippen molar-refractivity contribution in [1.82, 2.24) is 4.98 Å². The largest absolute Gasteiger partial charge is 0.508 e. The molecule has 0 unspecified atom stereocenters. The van der Waals surface area contributed by atoms with Crippen molar-refractivity contribution in [2.24, 2.45) is 0 Å². The number of H-pyrrole nitrogens is 1. The first-order valence-corrected chi connectivity index (χ1v) is 9.87. The zero-order valence-corrected chi connectivity index (χ0v) is 16.7. The van der Waals surface area contributed by atoms with E-state index < -0.39 is 5.41 Å². The quantitative estimate of drug-likeness (QED) is 0.421. The summed E-state index contributed by atoms with van der Waals surface area (Å²) < 4.78 is 5.81. The lowest BCUT2D eigenvalue weighted by Gasteiger charge is -2.36. The third-order valence-corrected chi connectivity index (χ3v) is 5.55. The number of phenolic OH excluding ortho intramolecular Hbond substituents is 1. The molecule has 0 radical (unpaired) electrons. The Labute approximate surface area is 171 Å². The van der Waals surface area contributed by atoms with Crippen LogP contribution in [-0.2, 0) is 11.8 Å². The van der Waals surface area contributed by atoms with Crippen molar-refractivity contribution in [3.63, 3.8) is 0 Å². The summed E-state index contributed by atoms with van der Waals surface area (Å²) in [6, 6.07) is 30.3. The minimum absolute atomic E-state index is 0.247. The van der Waals surface area contributed by atoms with Crippen LogP contribution in [0.1, 0.15) is 35.0 Å². The van der Waals surface area contributed by atoms with Crippen LogP contribution in [0.15, 0.2) is 91.0 Å². The van der Waals surface area contributed by atoms with E-state index in [-0.39, 0.29) is 5.75 Å². The summed E-state index contributed by atoms with van der Waals surface area (Å²) in [5.41, 5.74) is 4.85. The molecule has 0 bridgehead atoms. The maximum absolute atomic E-state index is 9.94. The van der Waals surface area contributed by atoms with E-state index in [4.69, 9.17) is 4.74 Å². The standard InChI is InChI=1S/C26H25NO2/c1-3-21-15-18-25(27-21)26(19-9-5-4-6-10-19,20-13-16-22(28)17-14-20)23-11-7-8-12-24(23)29-2/h4-18,27-28H,3H2,1-2H3/t26-/m1/s1. The first-order valence-electron chi connectivity index (χ1n) is 9.87. The average molecular weight is 383 g/mol. The van der Waals surface area contributed by atoms with Crippen LogP contribution in [-0.4, -0.2) is 17.2 Å². The summed E-state index contributed by atoms with van der Waals surface area (Å²) in [5, 5.41) is 9.94. The summed E-state index contributed by atoms with van der Waals surface area (Å²) in [7, 11) is 1.71. The molecule has 0 fully saturated rings. The lowest BCUT2D eigenvalue weighted by atomic mass is 9.67. The maximum Gasteiger partial charge on any atom is 0.123 e. The SMILES string of the molecule is CCc1ccc([C@](c2ccccc2)(c2ccc(O)cc2)c2ccccc2OC)[nH]1. The Bertz CT molecular complexity index is 1080. The third kappa shape index (κ3) is 3.19. The van der Waals surface area contributed by atoms with E-state index in [1.54, 1.807) is 19.2 Å². The average Bonchev–Trinajstić information content (AvgIpc) is 3.26. The highest BCUT2D eigenvalue weighted by Gasteiger charge is 2.41. The van der Waals surface area contributed by atoms with Gasteiger partial charge in [-0.1, -0.05) is 67.6 Å². The smallest absolute Gasteiger partial charge is 0.123 e. The van der Waals surface area contributed by atoms with Gasteiger partial charge >= 0.3 is 0 Å². The van der Waals surface area contributed by atoms with Crippen LogP contribution < -0.4 is 4.74 Å². The highest BCUT2D eigenvalue weighted by Crippen LogP contribution is 2.48. The zero-order chi connectivity index (χ0) is 20.3. The van der Waals surface area contributed by atoms with E-state index in [0.717, 1.165) is 34.6 Å². The van der Waals surface area contributed by atoms with Crippen molar-refractivity contribution < 1.29 is 9.84 Å². The summed E-state index contributed by atoms with van der Waals surface area (Å²) >= 11 is 0. The summed E-state index contributed by atoms with van der Waals surface area (Å²) in [6.07, 6.45) is 0.923. The molecule has 4 aromatic rings. The molecule has 29 heavy (non-hydrogen) atoms. The number of ether oxygens (including phenoxy) is 1. The van der Waals surface area contributed by atoms with Crippen molar-refractivity contribution in [1.29, 1.82) is 0 Å². The molecule has 0 aliphatic heterocycles. The highest BCUT2D eigenvalue weighted by atomic mass is 16.5. The molecule has 0 amide bonds. The molecule has 0 aliphatic rings. The molecule has 3 nitrogen and oxygen atoms in total. The van der Waals surface area contributed by atoms with Crippen molar-refractivity contribution in [2.45, 2.75) is 18.8 Å². The van der Waals surface area contributed by atoms with Gasteiger partial charge in [-0.05, 0) is 47.9 Å². The van der Waals surface area contributed by atoms with E-state index in [1.807, 2.05) is 36.4 Å². The Morgan fingerprint density at radius 1 is 0.793 bits per heavy atom. The first kappa shape index (κ1) is 18.9. The number of methoxy groups -OCH3 is 1. The van der Waals surface area contributed by atoms with E-state index in [9.17, 15) is 5.11 Å². The summed E-state index contributed by atoms with van der Waals surface area (Å²) in [4.78, 5) is 3.65. The van der Waals surface area contributed by atoms with Crippen LogP contribution in [0, 0.1) is 0 Å². The molecule has 3 heteroatoms. The number of hydrogen-bond acceptors (Lipinski definition) is 2. The van der Waals surface area contributed by atoms with Crippen LogP contribution in [0.5, 0.6) is 11.5 Å². The highest BCUT2D eigenvalue weighted by molar-refractivity contribution is 5.62. The maximum atomic E-state index is 9.94. The van der Waals surface area contributed by atoms with Gasteiger partial charge in [0, 0.05) is 17.0 Å². The molecule has 146 valence electrons. The van der Waals surface area contributed by atoms with Gasteiger partial charge in [0.1, 0.15) is 11.5 Å². The predicted octanol–water partition coefficient (Wildman–Crippen LogP) is 5.67. The van der Waals surface area contributed by atoms with E-state index in [0.29, 0.717) is 0 Å². The van der Waals surface area contributed by atoms with Crippen molar-refractivity contribution in [3.8, 4) is 11.5 Å². The molecule has 1 aromatic heterocycles. The topological polar surface area (TPSA) is 45.2 Å². The number of hydrogen-bond donors (Lipinski definition) is 2. The number of aromatic nitrogens is 1. The van der Waals surface area contributed by atoms with Crippen LogP contribution in [0.25, 0.3) is 0 Å². The second-order valence-corrected chi connectivity index (χ2v) is 7.11. The zero-order valence-electron chi connectivity index (χ0n) is 16.7. The molecule has 0 aliphatic carbocycles. The van der Waals surface area contributed by atoms with Gasteiger partial charge in [-0.15, -0.1) is 0 Å². The molecule has 0 saturated carbocycles. The van der Waals surface area contributed by atoms with Gasteiger partial charge < -0.3 is 14.8 Å². The number of nitrogens with one attached hydrogen (secondary N) is 1. The van der Waals surface area contributed by atoms with Crippen LogP contribution in [0.2, 0.25) is 0 Å². The van der Waals surface area contributed by atoms with Gasteiger partial charge in [-0.2, -0.15) is 0 Å². The molecule has 0 spiro atoms. The monoisotopic (exact) mass is 383 g/mol. The number of aryl methyl sites for hydroxylation is 1. The predicted molar refractivity (Wildman–Crippen MR) is 117 cm³/mol. The van der Waals surface area contributed by atoms with Crippen LogP contribution in [0.4, 0.5) is 0 Å². The fourth-order valence-electron chi connectivity index (χ4n) is 4.15. The number of phenols is 1. The number of rotatable bonds is 6. The summed E-state index contributed by atoms with van der Waals surface area (Å²) in [6.45, 7) is 2.14. The van der Waals surface area contributed by atoms with Crippen LogP contribution >= 0.6 is 0 Å². The molecule has 3 aromatic carbocycles. The minimum Gasteiger partial charge on any atom is -0.508 e.